The van der Waals surface area contributed by atoms with Gasteiger partial charge in [-0.05, 0) is 42.0 Å². The van der Waals surface area contributed by atoms with Crippen LogP contribution in [0.15, 0.2) is 42.5 Å². The van der Waals surface area contributed by atoms with Gasteiger partial charge in [0, 0.05) is 25.6 Å². The summed E-state index contributed by atoms with van der Waals surface area (Å²) in [6.45, 7) is 3.58. The summed E-state index contributed by atoms with van der Waals surface area (Å²) in [5.41, 5.74) is 7.16. The maximum absolute atomic E-state index is 12.1. The van der Waals surface area contributed by atoms with Crippen LogP contribution in [0.5, 0.6) is 0 Å². The van der Waals surface area contributed by atoms with E-state index in [0.717, 1.165) is 25.9 Å². The van der Waals surface area contributed by atoms with Gasteiger partial charge in [-0.3, -0.25) is 4.79 Å². The molecule has 2 N–H and O–H groups in total. The number of hydrogen-bond donors (Lipinski definition) is 1. The summed E-state index contributed by atoms with van der Waals surface area (Å²) in [5, 5.41) is 2.65. The zero-order valence-electron chi connectivity index (χ0n) is 13.2. The Bertz CT molecular complexity index is 652. The number of amides is 1. The highest BCUT2D eigenvalue weighted by molar-refractivity contribution is 5.86. The first kappa shape index (κ1) is 15.0. The van der Waals surface area contributed by atoms with Gasteiger partial charge in [0.15, 0.2) is 0 Å². The molecule has 0 bridgehead atoms. The third-order valence-electron chi connectivity index (χ3n) is 4.61. The highest BCUT2D eigenvalue weighted by atomic mass is 16.2. The van der Waals surface area contributed by atoms with Crippen molar-refractivity contribution >= 4 is 16.7 Å². The van der Waals surface area contributed by atoms with Gasteiger partial charge in [-0.1, -0.05) is 42.5 Å². The second-order valence-corrected chi connectivity index (χ2v) is 6.40. The normalized spacial score (nSPS) is 17.6. The Balaban J connectivity index is 1.72. The van der Waals surface area contributed by atoms with Crippen molar-refractivity contribution in [3.05, 3.63) is 48.0 Å². The van der Waals surface area contributed by atoms with Gasteiger partial charge in [0.1, 0.15) is 0 Å². The molecule has 22 heavy (non-hydrogen) atoms. The maximum atomic E-state index is 12.1. The number of carbonyl (C=O) groups excluding carboxylic acids is 1. The maximum Gasteiger partial charge on any atom is 0.224 e. The molecule has 1 heterocycles. The smallest absolute Gasteiger partial charge is 0.224 e. The van der Waals surface area contributed by atoms with Crippen LogP contribution in [-0.2, 0) is 4.79 Å². The number of nitrogens with zero attached hydrogens (tertiary/aromatic N) is 1. The number of hydrogen-bond acceptors (Lipinski definition) is 2. The Morgan fingerprint density at radius 1 is 1.18 bits per heavy atom. The van der Waals surface area contributed by atoms with Gasteiger partial charge in [0.25, 0.3) is 0 Å². The fraction of sp³-hybridized carbons (Fsp3) is 0.421. The molecule has 1 amide bonds. The first-order valence-electron chi connectivity index (χ1n) is 8.16. The molecule has 1 saturated heterocycles. The summed E-state index contributed by atoms with van der Waals surface area (Å²) in [6, 6.07) is 15.1. The monoisotopic (exact) mass is 296 g/mol. The molecule has 3 rings (SSSR count). The number of piperidine rings is 1. The molecule has 3 nitrogen and oxygen atoms in total. The summed E-state index contributed by atoms with van der Waals surface area (Å²) in [4.78, 5) is 14.1. The Kier molecular flexibility index (Phi) is 4.44. The summed E-state index contributed by atoms with van der Waals surface area (Å²) < 4.78 is 0. The van der Waals surface area contributed by atoms with Crippen molar-refractivity contribution in [2.45, 2.75) is 38.1 Å². The van der Waals surface area contributed by atoms with E-state index in [-0.39, 0.29) is 11.9 Å². The van der Waals surface area contributed by atoms with Crippen molar-refractivity contribution in [3.63, 3.8) is 0 Å². The second-order valence-electron chi connectivity index (χ2n) is 6.40. The second kappa shape index (κ2) is 6.49. The first-order valence-corrected chi connectivity index (χ1v) is 8.16. The topological polar surface area (TPSA) is 46.3 Å². The van der Waals surface area contributed by atoms with E-state index in [2.05, 4.69) is 42.5 Å². The highest BCUT2D eigenvalue weighted by Crippen LogP contribution is 2.33. The molecule has 2 aromatic rings. The number of carbonyl (C=O) groups is 1. The Labute approximate surface area is 132 Å². The van der Waals surface area contributed by atoms with Crippen LogP contribution in [-0.4, -0.2) is 29.9 Å². The summed E-state index contributed by atoms with van der Waals surface area (Å²) in [5.74, 6) is 0.747. The summed E-state index contributed by atoms with van der Waals surface area (Å²) in [7, 11) is 0. The fourth-order valence-electron chi connectivity index (χ4n) is 3.45. The lowest BCUT2D eigenvalue weighted by Crippen LogP contribution is -2.40. The van der Waals surface area contributed by atoms with Crippen LogP contribution in [0, 0.1) is 0 Å². The van der Waals surface area contributed by atoms with Crippen LogP contribution in [0.25, 0.3) is 10.8 Å². The predicted octanol–water partition coefficient (Wildman–Crippen LogP) is 3.28. The predicted molar refractivity (Wildman–Crippen MR) is 90.8 cm³/mol. The molecule has 1 fully saturated rings. The lowest BCUT2D eigenvalue weighted by molar-refractivity contribution is -0.132. The average molecular weight is 296 g/mol. The van der Waals surface area contributed by atoms with Crippen LogP contribution >= 0.6 is 0 Å². The summed E-state index contributed by atoms with van der Waals surface area (Å²) in [6.07, 6.45) is 2.54. The molecule has 0 saturated carbocycles. The van der Waals surface area contributed by atoms with Gasteiger partial charge in [0.05, 0.1) is 0 Å². The number of likely N-dealkylation sites (tertiary alicyclic amines) is 1. The molecule has 3 heteroatoms. The van der Waals surface area contributed by atoms with Gasteiger partial charge in [-0.2, -0.15) is 0 Å². The minimum Gasteiger partial charge on any atom is -0.343 e. The number of benzene rings is 2. The van der Waals surface area contributed by atoms with Gasteiger partial charge >= 0.3 is 0 Å². The molecule has 1 unspecified atom stereocenters. The lowest BCUT2D eigenvalue weighted by atomic mass is 9.86. The molecular weight excluding hydrogens is 272 g/mol. The van der Waals surface area contributed by atoms with Crippen molar-refractivity contribution < 1.29 is 4.79 Å². The average Bonchev–Trinajstić information content (AvgIpc) is 2.54. The van der Waals surface area contributed by atoms with Crippen LogP contribution in [0.4, 0.5) is 0 Å². The number of rotatable bonds is 3. The Morgan fingerprint density at radius 2 is 1.86 bits per heavy atom. The van der Waals surface area contributed by atoms with Crippen molar-refractivity contribution in [3.8, 4) is 0 Å². The van der Waals surface area contributed by atoms with E-state index in [1.807, 2.05) is 11.8 Å². The van der Waals surface area contributed by atoms with Crippen LogP contribution in [0.3, 0.4) is 0 Å². The van der Waals surface area contributed by atoms with Crippen LogP contribution in [0.2, 0.25) is 0 Å². The highest BCUT2D eigenvalue weighted by Gasteiger charge is 2.24. The third kappa shape index (κ3) is 3.14. The van der Waals surface area contributed by atoms with E-state index in [4.69, 9.17) is 5.73 Å². The molecule has 1 atom stereocenters. The molecule has 1 aliphatic rings. The molecule has 2 aromatic carbocycles. The molecule has 1 aliphatic heterocycles. The van der Waals surface area contributed by atoms with Crippen molar-refractivity contribution in [2.24, 2.45) is 5.73 Å². The molecule has 0 spiro atoms. The van der Waals surface area contributed by atoms with E-state index in [1.54, 1.807) is 0 Å². The van der Waals surface area contributed by atoms with Crippen molar-refractivity contribution in [1.82, 2.24) is 4.90 Å². The van der Waals surface area contributed by atoms with Gasteiger partial charge < -0.3 is 10.6 Å². The van der Waals surface area contributed by atoms with Gasteiger partial charge in [0.2, 0.25) is 5.91 Å². The molecule has 0 aliphatic carbocycles. The standard InChI is InChI=1S/C19H24N2O/c1-14(20)13-19(22)21-11-9-16(10-12-21)18-8-4-6-15-5-2-3-7-17(15)18/h2-8,14,16H,9-13,20H2,1H3. The van der Waals surface area contributed by atoms with Crippen molar-refractivity contribution in [1.29, 1.82) is 0 Å². The Hall–Kier alpha value is -1.87. The van der Waals surface area contributed by atoms with E-state index >= 15 is 0 Å². The SMILES string of the molecule is CC(N)CC(=O)N1CCC(c2cccc3ccccc23)CC1. The molecular formula is C19H24N2O. The third-order valence-corrected chi connectivity index (χ3v) is 4.61. The zero-order valence-corrected chi connectivity index (χ0v) is 13.2. The minimum atomic E-state index is -0.0525. The molecule has 0 radical (unpaired) electrons. The summed E-state index contributed by atoms with van der Waals surface area (Å²) >= 11 is 0. The van der Waals surface area contributed by atoms with E-state index < -0.39 is 0 Å². The zero-order chi connectivity index (χ0) is 15.5. The van der Waals surface area contributed by atoms with E-state index in [9.17, 15) is 4.79 Å². The Morgan fingerprint density at radius 3 is 2.59 bits per heavy atom. The van der Waals surface area contributed by atoms with Crippen molar-refractivity contribution in [2.75, 3.05) is 13.1 Å². The minimum absolute atomic E-state index is 0.0525. The van der Waals surface area contributed by atoms with Gasteiger partial charge in [-0.15, -0.1) is 0 Å². The van der Waals surface area contributed by atoms with Gasteiger partial charge in [-0.25, -0.2) is 0 Å². The van der Waals surface area contributed by atoms with E-state index in [1.165, 1.54) is 16.3 Å². The molecule has 0 aromatic heterocycles. The largest absolute Gasteiger partial charge is 0.343 e. The fourth-order valence-corrected chi connectivity index (χ4v) is 3.45. The van der Waals surface area contributed by atoms with E-state index in [0.29, 0.717) is 12.3 Å². The number of nitrogens with two attached hydrogens (primary N) is 1. The van der Waals surface area contributed by atoms with Crippen LogP contribution in [0.1, 0.15) is 37.7 Å². The van der Waals surface area contributed by atoms with Crippen LogP contribution < -0.4 is 5.73 Å². The quantitative estimate of drug-likeness (QED) is 0.944. The first-order chi connectivity index (χ1) is 10.6. The number of fused-ring (bicyclic) bond motifs is 1. The molecule has 116 valence electrons. The lowest BCUT2D eigenvalue weighted by Gasteiger charge is -2.33.